The molecule has 2 aliphatic carbocycles. The van der Waals surface area contributed by atoms with Gasteiger partial charge >= 0.3 is 0 Å². The summed E-state index contributed by atoms with van der Waals surface area (Å²) in [5.41, 5.74) is 0.143. The largest absolute Gasteiger partial charge is 0.388 e. The number of allylic oxidation sites excluding steroid dienone is 1. The van der Waals surface area contributed by atoms with E-state index in [1.54, 1.807) is 13.0 Å². The van der Waals surface area contributed by atoms with Crippen molar-refractivity contribution in [3.05, 3.63) is 24.3 Å². The molecule has 1 saturated carbocycles. The first-order valence-electron chi connectivity index (χ1n) is 12.2. The summed E-state index contributed by atoms with van der Waals surface area (Å²) >= 11 is 0. The Labute approximate surface area is 193 Å². The molecule has 6 heteroatoms. The van der Waals surface area contributed by atoms with Crippen LogP contribution in [0.1, 0.15) is 73.6 Å². The molecule has 2 fully saturated rings. The van der Waals surface area contributed by atoms with Crippen LogP contribution in [0.5, 0.6) is 0 Å². The molecule has 0 radical (unpaired) electrons. The van der Waals surface area contributed by atoms with Crippen LogP contribution in [0.3, 0.4) is 0 Å². The Hall–Kier alpha value is -0.760. The van der Waals surface area contributed by atoms with Gasteiger partial charge in [0.05, 0.1) is 17.8 Å². The molecule has 1 aliphatic heterocycles. The minimum Gasteiger partial charge on any atom is -0.388 e. The first-order valence-corrected chi connectivity index (χ1v) is 12.2. The Morgan fingerprint density at radius 1 is 1.22 bits per heavy atom. The molecule has 4 N–H and O–H groups in total. The number of hydrogen-bond donors (Lipinski definition) is 4. The molecule has 32 heavy (non-hydrogen) atoms. The highest BCUT2D eigenvalue weighted by molar-refractivity contribution is 5.24. The van der Waals surface area contributed by atoms with Crippen LogP contribution in [0.4, 0.5) is 0 Å². The van der Waals surface area contributed by atoms with E-state index in [9.17, 15) is 20.4 Å². The molecule has 0 spiro atoms. The molecule has 3 rings (SSSR count). The summed E-state index contributed by atoms with van der Waals surface area (Å²) in [4.78, 5) is 0. The molecular weight excluding hydrogens is 408 g/mol. The van der Waals surface area contributed by atoms with Crippen molar-refractivity contribution in [2.24, 2.45) is 22.7 Å². The van der Waals surface area contributed by atoms with Gasteiger partial charge in [-0.1, -0.05) is 38.5 Å². The number of fused-ring (bicyclic) bond motifs is 1. The minimum atomic E-state index is -1.30. The van der Waals surface area contributed by atoms with Crippen LogP contribution >= 0.6 is 0 Å². The van der Waals surface area contributed by atoms with E-state index in [-0.39, 0.29) is 16.9 Å². The second-order valence-corrected chi connectivity index (χ2v) is 11.3. The van der Waals surface area contributed by atoms with Gasteiger partial charge in [0.1, 0.15) is 18.3 Å². The summed E-state index contributed by atoms with van der Waals surface area (Å²) in [7, 11) is 0. The third-order valence-electron chi connectivity index (χ3n) is 9.35. The summed E-state index contributed by atoms with van der Waals surface area (Å²) in [6.45, 7) is 16.3. The van der Waals surface area contributed by atoms with Crippen LogP contribution < -0.4 is 0 Å². The molecule has 0 unspecified atom stereocenters. The molecule has 3 aliphatic rings. The van der Waals surface area contributed by atoms with Crippen LogP contribution in [-0.4, -0.2) is 62.8 Å². The van der Waals surface area contributed by atoms with Gasteiger partial charge in [0, 0.05) is 5.41 Å². The fraction of sp³-hybridized carbons (Fsp3) is 0.846. The van der Waals surface area contributed by atoms with Gasteiger partial charge in [0.15, 0.2) is 6.29 Å². The Kier molecular flexibility index (Phi) is 7.37. The van der Waals surface area contributed by atoms with Gasteiger partial charge < -0.3 is 29.9 Å². The van der Waals surface area contributed by atoms with E-state index in [2.05, 4.69) is 40.3 Å². The van der Waals surface area contributed by atoms with E-state index in [1.165, 1.54) is 5.57 Å². The Morgan fingerprint density at radius 2 is 1.88 bits per heavy atom. The summed E-state index contributed by atoms with van der Waals surface area (Å²) in [6, 6.07) is 0. The summed E-state index contributed by atoms with van der Waals surface area (Å²) < 4.78 is 12.2. The molecule has 0 amide bonds. The second kappa shape index (κ2) is 9.12. The molecule has 11 atom stereocenters. The van der Waals surface area contributed by atoms with Gasteiger partial charge in [0.2, 0.25) is 0 Å². The number of aliphatic hydroxyl groups is 4. The maximum atomic E-state index is 10.6. The molecule has 0 aromatic rings. The topological polar surface area (TPSA) is 99.4 Å². The van der Waals surface area contributed by atoms with Crippen molar-refractivity contribution < 1.29 is 29.9 Å². The van der Waals surface area contributed by atoms with Crippen LogP contribution in [0.2, 0.25) is 0 Å². The molecular formula is C26H44O6. The minimum absolute atomic E-state index is 0.00612. The van der Waals surface area contributed by atoms with Crippen molar-refractivity contribution in [3.8, 4) is 0 Å². The first kappa shape index (κ1) is 25.9. The summed E-state index contributed by atoms with van der Waals surface area (Å²) in [6.07, 6.45) is 2.75. The average Bonchev–Trinajstić information content (AvgIpc) is 2.74. The lowest BCUT2D eigenvalue weighted by molar-refractivity contribution is -0.321. The average molecular weight is 453 g/mol. The van der Waals surface area contributed by atoms with Crippen molar-refractivity contribution in [1.29, 1.82) is 0 Å². The van der Waals surface area contributed by atoms with Gasteiger partial charge in [-0.3, -0.25) is 0 Å². The highest BCUT2D eigenvalue weighted by Gasteiger charge is 2.59. The fourth-order valence-electron chi connectivity index (χ4n) is 6.46. The zero-order valence-electron chi connectivity index (χ0n) is 20.6. The molecule has 1 heterocycles. The fourth-order valence-corrected chi connectivity index (χ4v) is 6.46. The monoisotopic (exact) mass is 452 g/mol. The van der Waals surface area contributed by atoms with Crippen molar-refractivity contribution in [2.45, 2.75) is 116 Å². The molecule has 184 valence electrons. The maximum absolute atomic E-state index is 10.6. The van der Waals surface area contributed by atoms with E-state index in [4.69, 9.17) is 9.47 Å². The van der Waals surface area contributed by atoms with E-state index >= 15 is 0 Å². The standard InChI is InChI=1S/C26H44O6/c1-8-24(5,30)12-13-25(6)16(3)14-19(26(7)15(2)10-9-11-18(25)26)32-23-22(29)21(28)20(27)17(4)31-23/h8,10,16-23,27-30H,1,9,11-14H2,2-7H3/t16-,17+,18-,19+,20+,21-,22-,23+,24-,25+,26+/m1/s1. The van der Waals surface area contributed by atoms with Crippen molar-refractivity contribution in [2.75, 3.05) is 0 Å². The molecule has 6 nitrogen and oxygen atoms in total. The van der Waals surface area contributed by atoms with Gasteiger partial charge in [-0.25, -0.2) is 0 Å². The number of rotatable bonds is 6. The smallest absolute Gasteiger partial charge is 0.186 e. The lowest BCUT2D eigenvalue weighted by Crippen LogP contribution is -2.62. The second-order valence-electron chi connectivity index (χ2n) is 11.3. The lowest BCUT2D eigenvalue weighted by Gasteiger charge is -2.61. The lowest BCUT2D eigenvalue weighted by atomic mass is 9.45. The van der Waals surface area contributed by atoms with Crippen LogP contribution in [0.15, 0.2) is 24.3 Å². The third-order valence-corrected chi connectivity index (χ3v) is 9.35. The summed E-state index contributed by atoms with van der Waals surface area (Å²) in [5.74, 6) is 0.661. The number of aliphatic hydroxyl groups excluding tert-OH is 3. The third kappa shape index (κ3) is 4.35. The normalized spacial score (nSPS) is 49.0. The molecule has 1 saturated heterocycles. The highest BCUT2D eigenvalue weighted by atomic mass is 16.7. The van der Waals surface area contributed by atoms with Crippen LogP contribution in [0, 0.1) is 22.7 Å². The van der Waals surface area contributed by atoms with Crippen LogP contribution in [-0.2, 0) is 9.47 Å². The predicted octanol–water partition coefficient (Wildman–Crippen LogP) is 3.33. The van der Waals surface area contributed by atoms with Crippen molar-refractivity contribution in [1.82, 2.24) is 0 Å². The van der Waals surface area contributed by atoms with Crippen LogP contribution in [0.25, 0.3) is 0 Å². The SMILES string of the molecule is C=C[C@@](C)(O)CC[C@@]1(C)[C@H](C)C[C@H](O[C@@H]2O[C@@H](C)[C@H](O)[C@@H](O)[C@H]2O)[C@@]2(C)C(C)=CCC[C@H]12. The van der Waals surface area contributed by atoms with Crippen molar-refractivity contribution >= 4 is 0 Å². The van der Waals surface area contributed by atoms with E-state index < -0.39 is 36.3 Å². The number of ether oxygens (including phenoxy) is 2. The van der Waals surface area contributed by atoms with Crippen molar-refractivity contribution in [3.63, 3.8) is 0 Å². The van der Waals surface area contributed by atoms with Gasteiger partial charge in [-0.05, 0) is 70.1 Å². The highest BCUT2D eigenvalue weighted by Crippen LogP contribution is 2.63. The van der Waals surface area contributed by atoms with E-state index in [0.717, 1.165) is 25.7 Å². The Morgan fingerprint density at radius 3 is 2.50 bits per heavy atom. The maximum Gasteiger partial charge on any atom is 0.186 e. The molecule has 0 bridgehead atoms. The zero-order valence-corrected chi connectivity index (χ0v) is 20.6. The predicted molar refractivity (Wildman–Crippen MR) is 124 cm³/mol. The number of hydrogen-bond acceptors (Lipinski definition) is 6. The Balaban J connectivity index is 1.90. The first-order chi connectivity index (χ1) is 14.8. The Bertz CT molecular complexity index is 719. The van der Waals surface area contributed by atoms with Gasteiger partial charge in [-0.15, -0.1) is 6.58 Å². The quantitative estimate of drug-likeness (QED) is 0.462. The zero-order chi connectivity index (χ0) is 24.1. The summed E-state index contributed by atoms with van der Waals surface area (Å²) in [5, 5.41) is 41.5. The van der Waals surface area contributed by atoms with E-state index in [1.807, 2.05) is 6.92 Å². The molecule has 0 aromatic carbocycles. The van der Waals surface area contributed by atoms with Gasteiger partial charge in [0.25, 0.3) is 0 Å². The van der Waals surface area contributed by atoms with Gasteiger partial charge in [-0.2, -0.15) is 0 Å². The van der Waals surface area contributed by atoms with E-state index in [0.29, 0.717) is 18.3 Å². The molecule has 0 aromatic heterocycles.